The summed E-state index contributed by atoms with van der Waals surface area (Å²) in [6, 6.07) is 28.4. The molecular weight excluding hydrogens is 865 g/mol. The number of unbranched alkanes of at least 4 members (excludes halogenated alkanes) is 18. The summed E-state index contributed by atoms with van der Waals surface area (Å²) in [6.07, 6.45) is 28.4. The van der Waals surface area contributed by atoms with E-state index in [0.717, 1.165) is 31.2 Å². The Bertz CT molecular complexity index is 2190. The van der Waals surface area contributed by atoms with E-state index in [4.69, 9.17) is 18.9 Å². The van der Waals surface area contributed by atoms with Crippen molar-refractivity contribution in [2.45, 2.75) is 149 Å². The maximum atomic E-state index is 13.1. The van der Waals surface area contributed by atoms with E-state index in [9.17, 15) is 19.8 Å². The number of aromatic hydroxyl groups is 2. The number of esters is 2. The van der Waals surface area contributed by atoms with Gasteiger partial charge in [0, 0.05) is 41.8 Å². The highest BCUT2D eigenvalue weighted by molar-refractivity contribution is 5.93. The maximum Gasteiger partial charge on any atom is 0.343 e. The fourth-order valence-electron chi connectivity index (χ4n) is 7.82. The average Bonchev–Trinajstić information content (AvgIpc) is 3.34. The number of aryl methyl sites for hydroxylation is 1. The van der Waals surface area contributed by atoms with E-state index in [1.807, 2.05) is 19.1 Å². The first-order valence-electron chi connectivity index (χ1n) is 25.5. The summed E-state index contributed by atoms with van der Waals surface area (Å²) < 4.78 is 23.1. The summed E-state index contributed by atoms with van der Waals surface area (Å²) in [6.45, 7) is 7.54. The van der Waals surface area contributed by atoms with Crippen molar-refractivity contribution in [2.24, 2.45) is 9.98 Å². The molecule has 0 atom stereocenters. The molecule has 5 rings (SSSR count). The molecule has 0 aliphatic carbocycles. The molecule has 0 aromatic heterocycles. The van der Waals surface area contributed by atoms with Gasteiger partial charge in [-0.3, -0.25) is 9.98 Å². The van der Waals surface area contributed by atoms with Crippen molar-refractivity contribution < 1.29 is 38.7 Å². The zero-order valence-corrected chi connectivity index (χ0v) is 41.3. The highest BCUT2D eigenvalue weighted by atomic mass is 16.5. The van der Waals surface area contributed by atoms with Crippen LogP contribution in [0.2, 0.25) is 0 Å². The third kappa shape index (κ3) is 20.4. The van der Waals surface area contributed by atoms with Gasteiger partial charge in [-0.2, -0.15) is 0 Å². The SMILES string of the molecule is CCCCCCCCCCCCOc1ccc(C=Nc2ccc(C(=O)Oc3cc(C)cc(OC(=O)c4ccc(N=Cc5ccc(OCCCCCCCCCCCC)cc5O)cc4)c3)cc2)c(O)c1. The van der Waals surface area contributed by atoms with E-state index in [-0.39, 0.29) is 23.0 Å². The van der Waals surface area contributed by atoms with Crippen LogP contribution in [0.1, 0.15) is 180 Å². The average molecular weight is 939 g/mol. The van der Waals surface area contributed by atoms with Crippen LogP contribution in [-0.4, -0.2) is 47.8 Å². The predicted octanol–water partition coefficient (Wildman–Crippen LogP) is 15.9. The second-order valence-corrected chi connectivity index (χ2v) is 17.9. The van der Waals surface area contributed by atoms with Crippen LogP contribution in [0.5, 0.6) is 34.5 Å². The van der Waals surface area contributed by atoms with Gasteiger partial charge in [0.1, 0.15) is 34.5 Å². The number of carbonyl (C=O) groups is 2. The number of benzene rings is 5. The van der Waals surface area contributed by atoms with Gasteiger partial charge in [-0.05, 0) is 110 Å². The highest BCUT2D eigenvalue weighted by Gasteiger charge is 2.14. The molecule has 69 heavy (non-hydrogen) atoms. The summed E-state index contributed by atoms with van der Waals surface area (Å²) in [4.78, 5) is 35.2. The fraction of sp³-hybridized carbons (Fsp3) is 0.424. The van der Waals surface area contributed by atoms with E-state index in [0.29, 0.717) is 58.3 Å². The molecule has 5 aromatic rings. The Morgan fingerprint density at radius 3 is 1.13 bits per heavy atom. The smallest absolute Gasteiger partial charge is 0.343 e. The number of aliphatic imine (C=N–C) groups is 2. The van der Waals surface area contributed by atoms with Crippen molar-refractivity contribution >= 4 is 35.7 Å². The molecule has 0 amide bonds. The predicted molar refractivity (Wildman–Crippen MR) is 279 cm³/mol. The Labute approximate surface area is 410 Å². The molecule has 0 unspecified atom stereocenters. The van der Waals surface area contributed by atoms with E-state index in [1.54, 1.807) is 97.4 Å². The first-order chi connectivity index (χ1) is 33.7. The van der Waals surface area contributed by atoms with Crippen LogP contribution in [-0.2, 0) is 0 Å². The third-order valence-corrected chi connectivity index (χ3v) is 11.9. The van der Waals surface area contributed by atoms with Crippen LogP contribution >= 0.6 is 0 Å². The maximum absolute atomic E-state index is 13.1. The van der Waals surface area contributed by atoms with Crippen LogP contribution in [0.4, 0.5) is 11.4 Å². The van der Waals surface area contributed by atoms with Crippen molar-refractivity contribution in [1.82, 2.24) is 0 Å². The minimum absolute atomic E-state index is 0.0711. The van der Waals surface area contributed by atoms with E-state index >= 15 is 0 Å². The second kappa shape index (κ2) is 30.9. The van der Waals surface area contributed by atoms with Crippen molar-refractivity contribution in [3.05, 3.63) is 131 Å². The zero-order chi connectivity index (χ0) is 48.9. The minimum atomic E-state index is -0.590. The molecule has 0 bridgehead atoms. The molecule has 2 N–H and O–H groups in total. The molecule has 0 saturated carbocycles. The van der Waals surface area contributed by atoms with Crippen molar-refractivity contribution in [3.63, 3.8) is 0 Å². The second-order valence-electron chi connectivity index (χ2n) is 17.9. The van der Waals surface area contributed by atoms with Crippen molar-refractivity contribution in [2.75, 3.05) is 13.2 Å². The van der Waals surface area contributed by atoms with E-state index in [2.05, 4.69) is 23.8 Å². The molecule has 10 nitrogen and oxygen atoms in total. The van der Waals surface area contributed by atoms with Crippen LogP contribution in [0.25, 0.3) is 0 Å². The lowest BCUT2D eigenvalue weighted by atomic mass is 10.1. The van der Waals surface area contributed by atoms with Gasteiger partial charge in [0.2, 0.25) is 0 Å². The number of phenols is 2. The van der Waals surface area contributed by atoms with Crippen LogP contribution in [0.3, 0.4) is 0 Å². The molecule has 0 aliphatic rings. The number of hydrogen-bond acceptors (Lipinski definition) is 10. The van der Waals surface area contributed by atoms with Crippen LogP contribution in [0, 0.1) is 6.92 Å². The number of rotatable bonds is 32. The molecule has 0 heterocycles. The van der Waals surface area contributed by atoms with Crippen LogP contribution < -0.4 is 18.9 Å². The van der Waals surface area contributed by atoms with Crippen molar-refractivity contribution in [1.29, 1.82) is 0 Å². The van der Waals surface area contributed by atoms with Crippen LogP contribution in [0.15, 0.2) is 113 Å². The summed E-state index contributed by atoms with van der Waals surface area (Å²) >= 11 is 0. The summed E-state index contributed by atoms with van der Waals surface area (Å²) in [7, 11) is 0. The molecule has 368 valence electrons. The first kappa shape index (κ1) is 53.5. The summed E-state index contributed by atoms with van der Waals surface area (Å²) in [5.41, 5.74) is 3.59. The number of hydrogen-bond donors (Lipinski definition) is 2. The van der Waals surface area contributed by atoms with Gasteiger partial charge in [-0.15, -0.1) is 0 Å². The lowest BCUT2D eigenvalue weighted by molar-refractivity contribution is 0.0732. The minimum Gasteiger partial charge on any atom is -0.507 e. The Balaban J connectivity index is 1.02. The summed E-state index contributed by atoms with van der Waals surface area (Å²) in [5.74, 6) is 0.646. The number of nitrogens with zero attached hydrogens (tertiary/aromatic N) is 2. The van der Waals surface area contributed by atoms with E-state index in [1.165, 1.54) is 109 Å². The van der Waals surface area contributed by atoms with Gasteiger partial charge < -0.3 is 29.2 Å². The molecule has 0 spiro atoms. The number of phenolic OH excluding ortho intramolecular Hbond substituents is 2. The Morgan fingerprint density at radius 1 is 0.435 bits per heavy atom. The number of carbonyl (C=O) groups excluding carboxylic acids is 2. The van der Waals surface area contributed by atoms with Gasteiger partial charge in [-0.1, -0.05) is 129 Å². The number of ether oxygens (including phenoxy) is 4. The fourth-order valence-corrected chi connectivity index (χ4v) is 7.82. The molecule has 0 saturated heterocycles. The molecule has 5 aromatic carbocycles. The highest BCUT2D eigenvalue weighted by Crippen LogP contribution is 2.28. The molecule has 0 radical (unpaired) electrons. The van der Waals surface area contributed by atoms with E-state index < -0.39 is 11.9 Å². The molecule has 10 heteroatoms. The molecular formula is C59H74N2O8. The third-order valence-electron chi connectivity index (χ3n) is 11.9. The van der Waals surface area contributed by atoms with Gasteiger partial charge in [0.05, 0.1) is 35.7 Å². The van der Waals surface area contributed by atoms with Gasteiger partial charge >= 0.3 is 11.9 Å². The monoisotopic (exact) mass is 939 g/mol. The Hall–Kier alpha value is -6.42. The normalized spacial score (nSPS) is 11.3. The topological polar surface area (TPSA) is 136 Å². The Morgan fingerprint density at radius 2 is 0.783 bits per heavy atom. The lowest BCUT2D eigenvalue weighted by Gasteiger charge is -2.10. The standard InChI is InChI=1S/C59H74N2O8/c1-4-6-8-10-12-14-16-18-20-22-36-66-52-34-28-48(56(62)41-52)43-60-50-30-24-46(25-31-50)58(64)68-54-38-45(3)39-55(40-54)69-59(65)47-26-32-51(33-27-47)61-44-49-29-35-53(42-57(49)63)67-37-23-21-19-17-15-13-11-9-7-5-2/h24-35,38-44,62-63H,4-23,36-37H2,1-3H3. The first-order valence-corrected chi connectivity index (χ1v) is 25.5. The van der Waals surface area contributed by atoms with Gasteiger partial charge in [-0.25, -0.2) is 9.59 Å². The lowest BCUT2D eigenvalue weighted by Crippen LogP contribution is -2.10. The molecule has 0 aliphatic heterocycles. The van der Waals surface area contributed by atoms with Gasteiger partial charge in [0.15, 0.2) is 0 Å². The quantitative estimate of drug-likeness (QED) is 0.0188. The summed E-state index contributed by atoms with van der Waals surface area (Å²) in [5, 5.41) is 21.2. The molecule has 0 fully saturated rings. The Kier molecular flexibility index (Phi) is 23.9. The van der Waals surface area contributed by atoms with Gasteiger partial charge in [0.25, 0.3) is 0 Å². The largest absolute Gasteiger partial charge is 0.507 e. The van der Waals surface area contributed by atoms with Crippen molar-refractivity contribution in [3.8, 4) is 34.5 Å². The zero-order valence-electron chi connectivity index (χ0n) is 41.3.